The molecule has 0 aliphatic carbocycles. The van der Waals surface area contributed by atoms with E-state index in [4.69, 9.17) is 0 Å². The topological polar surface area (TPSA) is 70.2 Å². The van der Waals surface area contributed by atoms with E-state index in [2.05, 4.69) is 16.0 Å². The van der Waals surface area contributed by atoms with Crippen molar-refractivity contribution in [3.05, 3.63) is 29.3 Å². The van der Waals surface area contributed by atoms with Crippen LogP contribution in [0.4, 0.5) is 5.69 Å². The molecule has 1 atom stereocenters. The lowest BCUT2D eigenvalue weighted by molar-refractivity contribution is -0.122. The van der Waals surface area contributed by atoms with Gasteiger partial charge in [-0.3, -0.25) is 9.59 Å². The first-order chi connectivity index (χ1) is 8.65. The summed E-state index contributed by atoms with van der Waals surface area (Å²) in [5.41, 5.74) is 2.84. The molecule has 0 bridgehead atoms. The zero-order valence-corrected chi connectivity index (χ0v) is 10.5. The molecule has 0 fully saturated rings. The van der Waals surface area contributed by atoms with Gasteiger partial charge in [-0.05, 0) is 30.7 Å². The second-order valence-corrected chi connectivity index (χ2v) is 4.30. The molecule has 5 nitrogen and oxygen atoms in total. The Morgan fingerprint density at radius 2 is 2.11 bits per heavy atom. The Labute approximate surface area is 106 Å². The van der Waals surface area contributed by atoms with Gasteiger partial charge in [-0.25, -0.2) is 0 Å². The molecule has 0 spiro atoms. The van der Waals surface area contributed by atoms with Crippen LogP contribution in [0.25, 0.3) is 0 Å². The molecule has 0 radical (unpaired) electrons. The molecule has 18 heavy (non-hydrogen) atoms. The molecule has 1 aromatic carbocycles. The Bertz CT molecular complexity index is 485. The molecule has 3 N–H and O–H groups in total. The monoisotopic (exact) mass is 247 g/mol. The maximum Gasteiger partial charge on any atom is 0.241 e. The van der Waals surface area contributed by atoms with E-state index in [-0.39, 0.29) is 17.9 Å². The second kappa shape index (κ2) is 5.18. The van der Waals surface area contributed by atoms with Crippen molar-refractivity contribution in [2.75, 3.05) is 19.4 Å². The molecule has 5 heteroatoms. The van der Waals surface area contributed by atoms with E-state index in [1.807, 2.05) is 18.2 Å². The third kappa shape index (κ3) is 2.36. The standard InChI is InChI=1S/C13H17N3O2/c1-14-12(13(18)15-2)9-3-5-10-8(7-9)4-6-11(17)16-10/h3,5,7,12,14H,4,6H2,1-2H3,(H,15,18)(H,16,17). The Kier molecular flexibility index (Phi) is 3.62. The number of carbonyl (C=O) groups is 2. The first-order valence-corrected chi connectivity index (χ1v) is 5.97. The molecule has 2 rings (SSSR count). The summed E-state index contributed by atoms with van der Waals surface area (Å²) in [5, 5.41) is 8.44. The first-order valence-electron chi connectivity index (χ1n) is 5.97. The number of anilines is 1. The number of amides is 2. The number of aryl methyl sites for hydroxylation is 1. The van der Waals surface area contributed by atoms with Gasteiger partial charge in [0.05, 0.1) is 0 Å². The summed E-state index contributed by atoms with van der Waals surface area (Å²) in [6.45, 7) is 0. The Balaban J connectivity index is 2.30. The van der Waals surface area contributed by atoms with Crippen molar-refractivity contribution in [2.24, 2.45) is 0 Å². The first kappa shape index (κ1) is 12.6. The molecule has 1 aromatic rings. The Morgan fingerprint density at radius 3 is 2.78 bits per heavy atom. The minimum atomic E-state index is -0.363. The summed E-state index contributed by atoms with van der Waals surface area (Å²) in [7, 11) is 3.37. The molecular weight excluding hydrogens is 230 g/mol. The molecule has 1 unspecified atom stereocenters. The van der Waals surface area contributed by atoms with E-state index < -0.39 is 0 Å². The van der Waals surface area contributed by atoms with Crippen LogP contribution in [-0.2, 0) is 16.0 Å². The number of fused-ring (bicyclic) bond motifs is 1. The van der Waals surface area contributed by atoms with E-state index in [1.54, 1.807) is 14.1 Å². The summed E-state index contributed by atoms with van der Waals surface area (Å²) in [6.07, 6.45) is 1.22. The lowest BCUT2D eigenvalue weighted by Gasteiger charge is -2.20. The summed E-state index contributed by atoms with van der Waals surface area (Å²) in [4.78, 5) is 23.0. The van der Waals surface area contributed by atoms with Gasteiger partial charge in [-0.15, -0.1) is 0 Å². The quantitative estimate of drug-likeness (QED) is 0.731. The predicted octanol–water partition coefficient (Wildman–Crippen LogP) is 0.578. The van der Waals surface area contributed by atoms with Gasteiger partial charge in [0.25, 0.3) is 0 Å². The Morgan fingerprint density at radius 1 is 1.33 bits per heavy atom. The zero-order chi connectivity index (χ0) is 13.1. The summed E-state index contributed by atoms with van der Waals surface area (Å²) in [6, 6.07) is 5.33. The van der Waals surface area contributed by atoms with Crippen molar-refractivity contribution < 1.29 is 9.59 Å². The molecule has 1 aliphatic heterocycles. The fourth-order valence-corrected chi connectivity index (χ4v) is 2.18. The van der Waals surface area contributed by atoms with Crippen molar-refractivity contribution in [1.29, 1.82) is 0 Å². The van der Waals surface area contributed by atoms with Crippen molar-refractivity contribution in [3.63, 3.8) is 0 Å². The maximum absolute atomic E-state index is 11.7. The number of rotatable bonds is 3. The number of hydrogen-bond acceptors (Lipinski definition) is 3. The van der Waals surface area contributed by atoms with Gasteiger partial charge in [-0.2, -0.15) is 0 Å². The van der Waals surface area contributed by atoms with Gasteiger partial charge in [0.2, 0.25) is 11.8 Å². The number of likely N-dealkylation sites (N-methyl/N-ethyl adjacent to an activating group) is 2. The second-order valence-electron chi connectivity index (χ2n) is 4.30. The van der Waals surface area contributed by atoms with Gasteiger partial charge >= 0.3 is 0 Å². The van der Waals surface area contributed by atoms with E-state index in [0.717, 1.165) is 23.2 Å². The van der Waals surface area contributed by atoms with Gasteiger partial charge in [-0.1, -0.05) is 12.1 Å². The van der Waals surface area contributed by atoms with Gasteiger partial charge in [0.15, 0.2) is 0 Å². The molecule has 1 heterocycles. The van der Waals surface area contributed by atoms with E-state index in [1.165, 1.54) is 0 Å². The van der Waals surface area contributed by atoms with Crippen LogP contribution >= 0.6 is 0 Å². The van der Waals surface area contributed by atoms with Crippen LogP contribution in [-0.4, -0.2) is 25.9 Å². The Hall–Kier alpha value is -1.88. The van der Waals surface area contributed by atoms with Crippen molar-refractivity contribution in [3.8, 4) is 0 Å². The van der Waals surface area contributed by atoms with Crippen LogP contribution in [0.3, 0.4) is 0 Å². The highest BCUT2D eigenvalue weighted by Gasteiger charge is 2.20. The summed E-state index contributed by atoms with van der Waals surface area (Å²) in [5.74, 6) is -0.0241. The third-order valence-electron chi connectivity index (χ3n) is 3.16. The summed E-state index contributed by atoms with van der Waals surface area (Å²) < 4.78 is 0. The molecule has 1 aliphatic rings. The van der Waals surface area contributed by atoms with Crippen molar-refractivity contribution in [1.82, 2.24) is 10.6 Å². The highest BCUT2D eigenvalue weighted by Crippen LogP contribution is 2.26. The lowest BCUT2D eigenvalue weighted by Crippen LogP contribution is -2.34. The number of carbonyl (C=O) groups excluding carboxylic acids is 2. The lowest BCUT2D eigenvalue weighted by atomic mass is 9.97. The van der Waals surface area contributed by atoms with Crippen LogP contribution in [0.5, 0.6) is 0 Å². The number of nitrogens with one attached hydrogen (secondary N) is 3. The number of hydrogen-bond donors (Lipinski definition) is 3. The molecule has 0 saturated carbocycles. The average molecular weight is 247 g/mol. The SMILES string of the molecule is CNC(=O)C(NC)c1ccc2c(c1)CCC(=O)N2. The highest BCUT2D eigenvalue weighted by molar-refractivity contribution is 5.94. The fraction of sp³-hybridized carbons (Fsp3) is 0.385. The van der Waals surface area contributed by atoms with Crippen molar-refractivity contribution in [2.45, 2.75) is 18.9 Å². The third-order valence-corrected chi connectivity index (χ3v) is 3.16. The van der Waals surface area contributed by atoms with Gasteiger partial charge in [0.1, 0.15) is 6.04 Å². The molecular formula is C13H17N3O2. The van der Waals surface area contributed by atoms with Crippen LogP contribution in [0.15, 0.2) is 18.2 Å². The summed E-state index contributed by atoms with van der Waals surface area (Å²) >= 11 is 0. The number of benzene rings is 1. The minimum Gasteiger partial charge on any atom is -0.358 e. The van der Waals surface area contributed by atoms with E-state index in [9.17, 15) is 9.59 Å². The largest absolute Gasteiger partial charge is 0.358 e. The van der Waals surface area contributed by atoms with E-state index in [0.29, 0.717) is 6.42 Å². The van der Waals surface area contributed by atoms with Gasteiger partial charge < -0.3 is 16.0 Å². The van der Waals surface area contributed by atoms with Crippen LogP contribution in [0, 0.1) is 0 Å². The highest BCUT2D eigenvalue weighted by atomic mass is 16.2. The predicted molar refractivity (Wildman–Crippen MR) is 69.3 cm³/mol. The van der Waals surface area contributed by atoms with Crippen LogP contribution < -0.4 is 16.0 Å². The molecule has 0 aromatic heterocycles. The maximum atomic E-state index is 11.7. The smallest absolute Gasteiger partial charge is 0.241 e. The van der Waals surface area contributed by atoms with E-state index >= 15 is 0 Å². The zero-order valence-electron chi connectivity index (χ0n) is 10.5. The molecule has 2 amide bonds. The fourth-order valence-electron chi connectivity index (χ4n) is 2.18. The normalized spacial score (nSPS) is 15.6. The molecule has 96 valence electrons. The molecule has 0 saturated heterocycles. The average Bonchev–Trinajstić information content (AvgIpc) is 2.39. The van der Waals surface area contributed by atoms with Gasteiger partial charge in [0, 0.05) is 19.2 Å². The van der Waals surface area contributed by atoms with Crippen LogP contribution in [0.1, 0.15) is 23.6 Å². The van der Waals surface area contributed by atoms with Crippen molar-refractivity contribution >= 4 is 17.5 Å². The van der Waals surface area contributed by atoms with Crippen LogP contribution in [0.2, 0.25) is 0 Å². The minimum absolute atomic E-state index is 0.0479.